The second-order valence-electron chi connectivity index (χ2n) is 4.32. The van der Waals surface area contributed by atoms with E-state index in [9.17, 15) is 0 Å². The molecule has 17 heavy (non-hydrogen) atoms. The Morgan fingerprint density at radius 1 is 1.35 bits per heavy atom. The number of hydrogen-bond acceptors (Lipinski definition) is 4. The average Bonchev–Trinajstić information content (AvgIpc) is 2.62. The predicted octanol–water partition coefficient (Wildman–Crippen LogP) is 3.23. The Morgan fingerprint density at radius 2 is 2.12 bits per heavy atom. The molecule has 0 amide bonds. The molecule has 0 saturated carbocycles. The van der Waals surface area contributed by atoms with Crippen molar-refractivity contribution in [1.29, 1.82) is 0 Å². The maximum Gasteiger partial charge on any atom is 0.0900 e. The van der Waals surface area contributed by atoms with E-state index in [2.05, 4.69) is 38.0 Å². The van der Waals surface area contributed by atoms with Gasteiger partial charge in [0.25, 0.3) is 0 Å². The van der Waals surface area contributed by atoms with Crippen molar-refractivity contribution in [3.05, 3.63) is 15.6 Å². The molecule has 1 aromatic heterocycles. The SMILES string of the molecule is CCCOCCCNC(C)c1sc(C)nc1C. The Balaban J connectivity index is 2.21. The van der Waals surface area contributed by atoms with Gasteiger partial charge in [-0.05, 0) is 40.2 Å². The molecule has 1 heterocycles. The van der Waals surface area contributed by atoms with Gasteiger partial charge in [-0.15, -0.1) is 11.3 Å². The molecule has 1 rings (SSSR count). The lowest BCUT2D eigenvalue weighted by Gasteiger charge is -2.12. The lowest BCUT2D eigenvalue weighted by atomic mass is 10.2. The van der Waals surface area contributed by atoms with Crippen molar-refractivity contribution in [1.82, 2.24) is 10.3 Å². The van der Waals surface area contributed by atoms with Crippen molar-refractivity contribution in [2.24, 2.45) is 0 Å². The Bertz CT molecular complexity index is 325. The summed E-state index contributed by atoms with van der Waals surface area (Å²) in [6.45, 7) is 11.2. The van der Waals surface area contributed by atoms with Crippen LogP contribution in [0, 0.1) is 13.8 Å². The lowest BCUT2D eigenvalue weighted by Crippen LogP contribution is -2.20. The van der Waals surface area contributed by atoms with E-state index in [1.54, 1.807) is 11.3 Å². The van der Waals surface area contributed by atoms with Gasteiger partial charge in [-0.25, -0.2) is 4.98 Å². The third-order valence-corrected chi connectivity index (χ3v) is 3.85. The van der Waals surface area contributed by atoms with Crippen molar-refractivity contribution in [2.75, 3.05) is 19.8 Å². The van der Waals surface area contributed by atoms with Gasteiger partial charge in [0.1, 0.15) is 0 Å². The van der Waals surface area contributed by atoms with Gasteiger partial charge in [0.2, 0.25) is 0 Å². The predicted molar refractivity (Wildman–Crippen MR) is 73.7 cm³/mol. The zero-order valence-corrected chi connectivity index (χ0v) is 12.2. The lowest BCUT2D eigenvalue weighted by molar-refractivity contribution is 0.132. The molecule has 3 nitrogen and oxygen atoms in total. The van der Waals surface area contributed by atoms with E-state index in [1.165, 1.54) is 4.88 Å². The second-order valence-corrected chi connectivity index (χ2v) is 5.56. The van der Waals surface area contributed by atoms with Gasteiger partial charge < -0.3 is 10.1 Å². The van der Waals surface area contributed by atoms with Crippen LogP contribution in [0.15, 0.2) is 0 Å². The highest BCUT2D eigenvalue weighted by Gasteiger charge is 2.11. The van der Waals surface area contributed by atoms with Crippen molar-refractivity contribution in [2.45, 2.75) is 46.6 Å². The second kappa shape index (κ2) is 7.80. The number of aryl methyl sites for hydroxylation is 2. The van der Waals surface area contributed by atoms with E-state index in [1.807, 2.05) is 0 Å². The maximum atomic E-state index is 5.45. The minimum absolute atomic E-state index is 0.396. The Labute approximate surface area is 109 Å². The molecule has 4 heteroatoms. The number of thiazole rings is 1. The van der Waals surface area contributed by atoms with Crippen molar-refractivity contribution in [3.63, 3.8) is 0 Å². The summed E-state index contributed by atoms with van der Waals surface area (Å²) in [6.07, 6.45) is 2.17. The molecular formula is C13H24N2OS. The molecule has 1 unspecified atom stereocenters. The quantitative estimate of drug-likeness (QED) is 0.725. The Hall–Kier alpha value is -0.450. The van der Waals surface area contributed by atoms with E-state index >= 15 is 0 Å². The van der Waals surface area contributed by atoms with Gasteiger partial charge in [-0.2, -0.15) is 0 Å². The Kier molecular flexibility index (Phi) is 6.70. The standard InChI is InChI=1S/C13H24N2OS/c1-5-8-16-9-6-7-14-10(2)13-11(3)15-12(4)17-13/h10,14H,5-9H2,1-4H3. The summed E-state index contributed by atoms with van der Waals surface area (Å²) in [5, 5.41) is 4.67. The number of hydrogen-bond donors (Lipinski definition) is 1. The molecule has 0 radical (unpaired) electrons. The fraction of sp³-hybridized carbons (Fsp3) is 0.769. The largest absolute Gasteiger partial charge is 0.381 e. The fourth-order valence-corrected chi connectivity index (χ4v) is 2.73. The number of nitrogens with one attached hydrogen (secondary N) is 1. The van der Waals surface area contributed by atoms with Gasteiger partial charge in [0.15, 0.2) is 0 Å². The molecule has 1 atom stereocenters. The molecule has 1 N–H and O–H groups in total. The van der Waals surface area contributed by atoms with Crippen LogP contribution < -0.4 is 5.32 Å². The van der Waals surface area contributed by atoms with Crippen LogP contribution in [0.5, 0.6) is 0 Å². The number of aromatic nitrogens is 1. The van der Waals surface area contributed by atoms with Crippen LogP contribution in [-0.2, 0) is 4.74 Å². The highest BCUT2D eigenvalue weighted by Crippen LogP contribution is 2.24. The van der Waals surface area contributed by atoms with E-state index < -0.39 is 0 Å². The number of ether oxygens (including phenoxy) is 1. The van der Waals surface area contributed by atoms with Crippen LogP contribution in [0.4, 0.5) is 0 Å². The highest BCUT2D eigenvalue weighted by atomic mass is 32.1. The molecule has 0 aliphatic heterocycles. The minimum atomic E-state index is 0.396. The van der Waals surface area contributed by atoms with Crippen LogP contribution in [-0.4, -0.2) is 24.7 Å². The summed E-state index contributed by atoms with van der Waals surface area (Å²) in [6, 6.07) is 0.396. The van der Waals surface area contributed by atoms with Crippen molar-refractivity contribution >= 4 is 11.3 Å². The molecular weight excluding hydrogens is 232 g/mol. The Morgan fingerprint density at radius 3 is 2.71 bits per heavy atom. The molecule has 0 aliphatic carbocycles. The van der Waals surface area contributed by atoms with Gasteiger partial charge in [0.05, 0.1) is 10.7 Å². The highest BCUT2D eigenvalue weighted by molar-refractivity contribution is 7.11. The maximum absolute atomic E-state index is 5.45. The molecule has 0 fully saturated rings. The first-order valence-corrected chi connectivity index (χ1v) is 7.21. The third kappa shape index (κ3) is 5.15. The topological polar surface area (TPSA) is 34.1 Å². The summed E-state index contributed by atoms with van der Waals surface area (Å²) < 4.78 is 5.45. The number of rotatable bonds is 8. The van der Waals surface area contributed by atoms with Gasteiger partial charge in [-0.1, -0.05) is 6.92 Å². The summed E-state index contributed by atoms with van der Waals surface area (Å²) >= 11 is 1.79. The zero-order chi connectivity index (χ0) is 12.7. The summed E-state index contributed by atoms with van der Waals surface area (Å²) in [5.74, 6) is 0. The summed E-state index contributed by atoms with van der Waals surface area (Å²) in [5.41, 5.74) is 1.16. The minimum Gasteiger partial charge on any atom is -0.381 e. The molecule has 0 saturated heterocycles. The first-order valence-electron chi connectivity index (χ1n) is 6.40. The molecule has 0 bridgehead atoms. The molecule has 98 valence electrons. The van der Waals surface area contributed by atoms with Gasteiger partial charge in [-0.3, -0.25) is 0 Å². The zero-order valence-electron chi connectivity index (χ0n) is 11.4. The van der Waals surface area contributed by atoms with Crippen LogP contribution in [0.3, 0.4) is 0 Å². The van der Waals surface area contributed by atoms with Gasteiger partial charge in [0, 0.05) is 24.1 Å². The molecule has 1 aromatic rings. The fourth-order valence-electron chi connectivity index (χ4n) is 1.78. The van der Waals surface area contributed by atoms with E-state index in [0.717, 1.165) is 43.3 Å². The normalized spacial score (nSPS) is 12.9. The van der Waals surface area contributed by atoms with Crippen molar-refractivity contribution in [3.8, 4) is 0 Å². The van der Waals surface area contributed by atoms with E-state index in [4.69, 9.17) is 4.74 Å². The van der Waals surface area contributed by atoms with Crippen molar-refractivity contribution < 1.29 is 4.74 Å². The average molecular weight is 256 g/mol. The molecule has 0 aromatic carbocycles. The summed E-state index contributed by atoms with van der Waals surface area (Å²) in [7, 11) is 0. The van der Waals surface area contributed by atoms with E-state index in [-0.39, 0.29) is 0 Å². The first kappa shape index (κ1) is 14.6. The first-order chi connectivity index (χ1) is 8.15. The summed E-state index contributed by atoms with van der Waals surface area (Å²) in [4.78, 5) is 5.81. The van der Waals surface area contributed by atoms with Crippen LogP contribution >= 0.6 is 11.3 Å². The third-order valence-electron chi connectivity index (χ3n) is 2.60. The van der Waals surface area contributed by atoms with Crippen LogP contribution in [0.1, 0.15) is 48.3 Å². The van der Waals surface area contributed by atoms with Crippen LogP contribution in [0.25, 0.3) is 0 Å². The van der Waals surface area contributed by atoms with Gasteiger partial charge >= 0.3 is 0 Å². The van der Waals surface area contributed by atoms with Crippen LogP contribution in [0.2, 0.25) is 0 Å². The number of nitrogens with zero attached hydrogens (tertiary/aromatic N) is 1. The molecule has 0 spiro atoms. The van der Waals surface area contributed by atoms with E-state index in [0.29, 0.717) is 6.04 Å². The molecule has 0 aliphatic rings. The monoisotopic (exact) mass is 256 g/mol. The smallest absolute Gasteiger partial charge is 0.0900 e.